The third kappa shape index (κ3) is 5.21. The van der Waals surface area contributed by atoms with Crippen LogP contribution in [0.3, 0.4) is 0 Å². The van der Waals surface area contributed by atoms with Crippen LogP contribution in [0.4, 0.5) is 17.6 Å². The van der Waals surface area contributed by atoms with Gasteiger partial charge in [-0.15, -0.1) is 0 Å². The zero-order valence-electron chi connectivity index (χ0n) is 15.0. The molecule has 0 radical (unpaired) electrons. The van der Waals surface area contributed by atoms with Crippen LogP contribution in [-0.4, -0.2) is 25.7 Å². The van der Waals surface area contributed by atoms with Crippen LogP contribution in [-0.2, 0) is 6.18 Å². The Morgan fingerprint density at radius 2 is 1.83 bits per heavy atom. The molecule has 0 bridgehead atoms. The molecule has 3 aromatic rings. The van der Waals surface area contributed by atoms with Crippen LogP contribution in [0.1, 0.15) is 34.7 Å². The van der Waals surface area contributed by atoms with Gasteiger partial charge in [-0.05, 0) is 31.2 Å². The molecule has 0 unspecified atom stereocenters. The summed E-state index contributed by atoms with van der Waals surface area (Å²) in [5.41, 5.74) is -1.35. The number of alkyl halides is 3. The Morgan fingerprint density at radius 1 is 1.13 bits per heavy atom. The molecule has 160 valence electrons. The summed E-state index contributed by atoms with van der Waals surface area (Å²) in [6.45, 7) is 1.50. The largest absolute Gasteiger partial charge is 0.416 e. The minimum atomic E-state index is -4.66. The fourth-order valence-electron chi connectivity index (χ4n) is 2.50. The predicted molar refractivity (Wildman–Crippen MR) is 107 cm³/mol. The number of carbonyl (C=O) groups excluding carboxylic acids is 1. The number of carbonyl (C=O) groups is 1. The van der Waals surface area contributed by atoms with E-state index in [1.54, 1.807) is 0 Å². The average molecular weight is 482 g/mol. The number of hydrogen-bond acceptors (Lipinski definition) is 4. The van der Waals surface area contributed by atoms with Crippen molar-refractivity contribution in [2.24, 2.45) is 0 Å². The molecule has 30 heavy (non-hydrogen) atoms. The Hall–Kier alpha value is -2.37. The quantitative estimate of drug-likeness (QED) is 0.546. The fraction of sp³-hybridized carbons (Fsp3) is 0.176. The van der Waals surface area contributed by atoms with Gasteiger partial charge in [0.1, 0.15) is 6.33 Å². The van der Waals surface area contributed by atoms with E-state index in [1.807, 2.05) is 0 Å². The average Bonchev–Trinajstić information content (AvgIpc) is 3.10. The van der Waals surface area contributed by atoms with Crippen molar-refractivity contribution >= 4 is 42.6 Å². The topological polar surface area (TPSA) is 72.7 Å². The second kappa shape index (κ2) is 9.19. The summed E-state index contributed by atoms with van der Waals surface area (Å²) in [5, 5.41) is 6.20. The van der Waals surface area contributed by atoms with Crippen molar-refractivity contribution in [2.45, 2.75) is 19.1 Å². The molecule has 3 rings (SSSR count). The molecule has 0 aliphatic rings. The van der Waals surface area contributed by atoms with Gasteiger partial charge in [-0.2, -0.15) is 36.4 Å². The van der Waals surface area contributed by atoms with Crippen LogP contribution in [0.25, 0.3) is 5.82 Å². The van der Waals surface area contributed by atoms with Crippen molar-refractivity contribution in [2.75, 3.05) is 0 Å². The molecule has 0 fully saturated rings. The Morgan fingerprint density at radius 3 is 2.47 bits per heavy atom. The van der Waals surface area contributed by atoms with Crippen molar-refractivity contribution < 1.29 is 22.4 Å². The summed E-state index contributed by atoms with van der Waals surface area (Å²) in [4.78, 5) is 20.3. The number of nitrogens with zero attached hydrogens (tertiary/aromatic N) is 4. The number of hydrogen-bond donors (Lipinski definition) is 1. The highest BCUT2D eigenvalue weighted by Crippen LogP contribution is 2.32. The monoisotopic (exact) mass is 481 g/mol. The third-order valence-corrected chi connectivity index (χ3v) is 4.21. The normalized spacial score (nSPS) is 12.2. The SMILES string of the molecule is C[C@H](NC(=O)c1cc(Cl)cc(C(F)(F)F)c1)c1ncnn1-c1ncc(Cl)cc1F.S. The molecule has 1 amide bonds. The maximum Gasteiger partial charge on any atom is 0.416 e. The lowest BCUT2D eigenvalue weighted by molar-refractivity contribution is -0.137. The van der Waals surface area contributed by atoms with Gasteiger partial charge in [-0.3, -0.25) is 4.79 Å². The van der Waals surface area contributed by atoms with Gasteiger partial charge in [0.05, 0.1) is 16.6 Å². The molecule has 0 spiro atoms. The summed E-state index contributed by atoms with van der Waals surface area (Å²) < 4.78 is 54.0. The van der Waals surface area contributed by atoms with Crippen LogP contribution in [0.5, 0.6) is 0 Å². The van der Waals surface area contributed by atoms with E-state index in [-0.39, 0.29) is 40.7 Å². The lowest BCUT2D eigenvalue weighted by Gasteiger charge is -2.15. The molecular weight excluding hydrogens is 469 g/mol. The zero-order valence-corrected chi connectivity index (χ0v) is 17.5. The van der Waals surface area contributed by atoms with Crippen molar-refractivity contribution in [1.29, 1.82) is 0 Å². The lowest BCUT2D eigenvalue weighted by Crippen LogP contribution is -2.29. The van der Waals surface area contributed by atoms with Gasteiger partial charge in [0, 0.05) is 16.8 Å². The standard InChI is InChI=1S/C17H11Cl2F4N5O.H2S/c1-8(14-25-7-26-28(14)15-13(20)5-12(19)6-24-15)27-16(29)9-2-10(17(21,22)23)4-11(18)3-9;/h2-8H,1H3,(H,27,29);1H2/t8-;/m0./s1. The molecule has 0 aliphatic carbocycles. The van der Waals surface area contributed by atoms with Crippen LogP contribution in [0, 0.1) is 5.82 Å². The predicted octanol–water partition coefficient (Wildman–Crippen LogP) is 4.73. The number of rotatable bonds is 4. The highest BCUT2D eigenvalue weighted by atomic mass is 35.5. The fourth-order valence-corrected chi connectivity index (χ4v) is 2.88. The minimum absolute atomic E-state index is 0. The number of aromatic nitrogens is 4. The summed E-state index contributed by atoms with van der Waals surface area (Å²) in [6.07, 6.45) is -2.34. The number of halogens is 6. The number of pyridine rings is 1. The molecular formula is C17H13Cl2F4N5OS. The van der Waals surface area contributed by atoms with Crippen molar-refractivity contribution in [3.05, 3.63) is 69.6 Å². The number of nitrogens with one attached hydrogen (secondary N) is 1. The molecule has 0 aliphatic heterocycles. The van der Waals surface area contributed by atoms with E-state index < -0.39 is 29.5 Å². The van der Waals surface area contributed by atoms with E-state index in [0.29, 0.717) is 12.1 Å². The summed E-state index contributed by atoms with van der Waals surface area (Å²) in [7, 11) is 0. The van der Waals surface area contributed by atoms with Crippen LogP contribution in [0.2, 0.25) is 10.0 Å². The molecule has 6 nitrogen and oxygen atoms in total. The second-order valence-electron chi connectivity index (χ2n) is 5.91. The van der Waals surface area contributed by atoms with Gasteiger partial charge in [-0.25, -0.2) is 14.4 Å². The first-order valence-corrected chi connectivity index (χ1v) is 8.72. The molecule has 13 heteroatoms. The van der Waals surface area contributed by atoms with E-state index in [1.165, 1.54) is 13.1 Å². The van der Waals surface area contributed by atoms with E-state index in [4.69, 9.17) is 23.2 Å². The second-order valence-corrected chi connectivity index (χ2v) is 6.78. The van der Waals surface area contributed by atoms with Crippen molar-refractivity contribution in [3.63, 3.8) is 0 Å². The molecule has 0 saturated carbocycles. The molecule has 2 heterocycles. The minimum Gasteiger partial charge on any atom is -0.342 e. The zero-order chi connectivity index (χ0) is 21.3. The number of benzene rings is 1. The van der Waals surface area contributed by atoms with Crippen molar-refractivity contribution in [1.82, 2.24) is 25.1 Å². The molecule has 2 aromatic heterocycles. The van der Waals surface area contributed by atoms with Gasteiger partial charge in [-0.1, -0.05) is 23.2 Å². The maximum absolute atomic E-state index is 14.1. The van der Waals surface area contributed by atoms with E-state index in [0.717, 1.165) is 23.1 Å². The Bertz CT molecular complexity index is 1080. The summed E-state index contributed by atoms with van der Waals surface area (Å²) >= 11 is 11.4. The molecule has 0 saturated heterocycles. The Kier molecular flexibility index (Phi) is 7.32. The smallest absolute Gasteiger partial charge is 0.342 e. The summed E-state index contributed by atoms with van der Waals surface area (Å²) in [5.74, 6) is -1.70. The highest BCUT2D eigenvalue weighted by Gasteiger charge is 2.32. The molecule has 1 N–H and O–H groups in total. The molecule has 1 atom stereocenters. The number of amides is 1. The van der Waals surface area contributed by atoms with Gasteiger partial charge in [0.15, 0.2) is 17.5 Å². The Labute approximate surface area is 184 Å². The van der Waals surface area contributed by atoms with E-state index in [2.05, 4.69) is 20.4 Å². The van der Waals surface area contributed by atoms with E-state index >= 15 is 0 Å². The van der Waals surface area contributed by atoms with E-state index in [9.17, 15) is 22.4 Å². The summed E-state index contributed by atoms with van der Waals surface area (Å²) in [6, 6.07) is 2.68. The lowest BCUT2D eigenvalue weighted by atomic mass is 10.1. The van der Waals surface area contributed by atoms with Crippen LogP contribution >= 0.6 is 36.7 Å². The first kappa shape index (κ1) is 23.9. The first-order valence-electron chi connectivity index (χ1n) is 7.96. The van der Waals surface area contributed by atoms with Gasteiger partial charge in [0.2, 0.25) is 0 Å². The van der Waals surface area contributed by atoms with Crippen LogP contribution < -0.4 is 5.32 Å². The molecule has 1 aromatic carbocycles. The Balaban J connectivity index is 0.00000320. The first-order chi connectivity index (χ1) is 13.6. The third-order valence-electron chi connectivity index (χ3n) is 3.79. The van der Waals surface area contributed by atoms with Gasteiger partial charge >= 0.3 is 6.18 Å². The maximum atomic E-state index is 14.1. The van der Waals surface area contributed by atoms with Crippen LogP contribution in [0.15, 0.2) is 36.8 Å². The van der Waals surface area contributed by atoms with Gasteiger partial charge < -0.3 is 5.32 Å². The van der Waals surface area contributed by atoms with Gasteiger partial charge in [0.25, 0.3) is 5.91 Å². The van der Waals surface area contributed by atoms with Crippen molar-refractivity contribution in [3.8, 4) is 5.82 Å². The highest BCUT2D eigenvalue weighted by molar-refractivity contribution is 7.59.